The highest BCUT2D eigenvalue weighted by Gasteiger charge is 2.09. The van der Waals surface area contributed by atoms with E-state index in [2.05, 4.69) is 89.1 Å². The molecule has 0 radical (unpaired) electrons. The van der Waals surface area contributed by atoms with Crippen LogP contribution in [0.1, 0.15) is 65.2 Å². The smallest absolute Gasteiger partial charge is 0.248 e. The number of thiazole rings is 2. The molecular weight excluding hydrogens is 648 g/mol. The second-order valence-corrected chi connectivity index (χ2v) is 13.0. The molecule has 4 rings (SSSR count). The average Bonchev–Trinajstić information content (AvgIpc) is 3.40. The van der Waals surface area contributed by atoms with Crippen LogP contribution in [0.25, 0.3) is 20.4 Å². The minimum Gasteiger partial charge on any atom is -0.317 e. The van der Waals surface area contributed by atoms with Crippen LogP contribution >= 0.6 is 54.5 Å². The van der Waals surface area contributed by atoms with Crippen LogP contribution in [0.3, 0.4) is 0 Å². The highest BCUT2D eigenvalue weighted by atomic mass is 79.9. The zero-order valence-corrected chi connectivity index (χ0v) is 26.5. The standard InChI is InChI=1S/C28H32Br2N4O2S2/c1-3-33-21-15-13-19(29)17-23(21)37-27(33)31-25(35)11-9-7-5-6-8-10-12-26(36)32-28-34(4-2)22-16-14-20(30)18-24(22)38-28/h13-18H,3-12H2,1-2H3. The number of nitrogens with zero attached hydrogens (tertiary/aromatic N) is 4. The molecule has 0 aliphatic rings. The molecule has 0 fully saturated rings. The van der Waals surface area contributed by atoms with Gasteiger partial charge in [-0.25, -0.2) is 0 Å². The summed E-state index contributed by atoms with van der Waals surface area (Å²) >= 11 is 10.1. The lowest BCUT2D eigenvalue weighted by atomic mass is 10.1. The Kier molecular flexibility index (Phi) is 10.7. The van der Waals surface area contributed by atoms with E-state index in [1.54, 1.807) is 22.7 Å². The Morgan fingerprint density at radius 1 is 0.684 bits per heavy atom. The van der Waals surface area contributed by atoms with E-state index in [9.17, 15) is 9.59 Å². The fourth-order valence-electron chi connectivity index (χ4n) is 4.46. The van der Waals surface area contributed by atoms with Crippen LogP contribution in [-0.2, 0) is 22.7 Å². The zero-order valence-electron chi connectivity index (χ0n) is 21.7. The largest absolute Gasteiger partial charge is 0.317 e. The quantitative estimate of drug-likeness (QED) is 0.151. The van der Waals surface area contributed by atoms with Gasteiger partial charge in [0.25, 0.3) is 0 Å². The lowest BCUT2D eigenvalue weighted by molar-refractivity contribution is -0.119. The van der Waals surface area contributed by atoms with Gasteiger partial charge in [-0.2, -0.15) is 9.98 Å². The molecule has 2 aromatic heterocycles. The predicted octanol–water partition coefficient (Wildman–Crippen LogP) is 7.96. The van der Waals surface area contributed by atoms with Gasteiger partial charge in [0.2, 0.25) is 11.8 Å². The molecule has 10 heteroatoms. The zero-order chi connectivity index (χ0) is 27.1. The second kappa shape index (κ2) is 14.0. The maximum absolute atomic E-state index is 12.5. The summed E-state index contributed by atoms with van der Waals surface area (Å²) < 4.78 is 8.50. The van der Waals surface area contributed by atoms with Gasteiger partial charge in [0.15, 0.2) is 9.60 Å². The topological polar surface area (TPSA) is 68.7 Å². The van der Waals surface area contributed by atoms with Crippen molar-refractivity contribution in [2.24, 2.45) is 9.98 Å². The molecule has 0 atom stereocenters. The van der Waals surface area contributed by atoms with Gasteiger partial charge in [0.05, 0.1) is 20.4 Å². The molecule has 0 unspecified atom stereocenters. The average molecular weight is 681 g/mol. The van der Waals surface area contributed by atoms with Crippen LogP contribution in [0.15, 0.2) is 55.3 Å². The van der Waals surface area contributed by atoms with Gasteiger partial charge in [-0.1, -0.05) is 80.2 Å². The lowest BCUT2D eigenvalue weighted by Gasteiger charge is -2.01. The third kappa shape index (κ3) is 7.40. The summed E-state index contributed by atoms with van der Waals surface area (Å²) in [6.07, 6.45) is 6.76. The molecule has 0 bridgehead atoms. The Morgan fingerprint density at radius 2 is 1.08 bits per heavy atom. The Morgan fingerprint density at radius 3 is 1.47 bits per heavy atom. The Balaban J connectivity index is 1.18. The van der Waals surface area contributed by atoms with E-state index < -0.39 is 0 Å². The molecular formula is C28H32Br2N4O2S2. The first-order valence-corrected chi connectivity index (χ1v) is 16.3. The number of hydrogen-bond acceptors (Lipinski definition) is 4. The number of benzene rings is 2. The summed E-state index contributed by atoms with van der Waals surface area (Å²) in [6, 6.07) is 12.3. The fraction of sp³-hybridized carbons (Fsp3) is 0.429. The molecule has 38 heavy (non-hydrogen) atoms. The molecule has 0 N–H and O–H groups in total. The van der Waals surface area contributed by atoms with Crippen molar-refractivity contribution < 1.29 is 9.59 Å². The Bertz CT molecular complexity index is 1460. The lowest BCUT2D eigenvalue weighted by Crippen LogP contribution is -2.15. The van der Waals surface area contributed by atoms with Crippen molar-refractivity contribution in [1.82, 2.24) is 9.13 Å². The summed E-state index contributed by atoms with van der Waals surface area (Å²) in [4.78, 5) is 35.3. The number of aryl methyl sites for hydroxylation is 2. The van der Waals surface area contributed by atoms with Crippen LogP contribution in [0, 0.1) is 0 Å². The highest BCUT2D eigenvalue weighted by Crippen LogP contribution is 2.23. The number of carbonyl (C=O) groups excluding carboxylic acids is 2. The minimum atomic E-state index is -0.0528. The van der Waals surface area contributed by atoms with Crippen LogP contribution in [0.5, 0.6) is 0 Å². The van der Waals surface area contributed by atoms with E-state index in [4.69, 9.17) is 0 Å². The van der Waals surface area contributed by atoms with Crippen molar-refractivity contribution in [2.75, 3.05) is 0 Å². The van der Waals surface area contributed by atoms with E-state index in [-0.39, 0.29) is 11.8 Å². The molecule has 4 aromatic rings. The van der Waals surface area contributed by atoms with Gasteiger partial charge < -0.3 is 9.13 Å². The van der Waals surface area contributed by atoms with E-state index in [1.165, 1.54) is 0 Å². The van der Waals surface area contributed by atoms with Gasteiger partial charge in [0, 0.05) is 34.9 Å². The molecule has 202 valence electrons. The van der Waals surface area contributed by atoms with Gasteiger partial charge in [-0.05, 0) is 63.1 Å². The van der Waals surface area contributed by atoms with Crippen molar-refractivity contribution >= 4 is 86.8 Å². The molecule has 0 saturated carbocycles. The third-order valence-electron chi connectivity index (χ3n) is 6.39. The molecule has 2 aromatic carbocycles. The molecule has 2 amide bonds. The van der Waals surface area contributed by atoms with Crippen molar-refractivity contribution in [3.05, 3.63) is 54.9 Å². The minimum absolute atomic E-state index is 0.0528. The van der Waals surface area contributed by atoms with Crippen molar-refractivity contribution in [1.29, 1.82) is 0 Å². The number of halogens is 2. The van der Waals surface area contributed by atoms with Gasteiger partial charge in [-0.3, -0.25) is 9.59 Å². The molecule has 0 spiro atoms. The molecule has 6 nitrogen and oxygen atoms in total. The van der Waals surface area contributed by atoms with E-state index in [0.29, 0.717) is 12.8 Å². The maximum atomic E-state index is 12.5. The molecule has 0 aliphatic carbocycles. The number of rotatable bonds is 11. The first-order chi connectivity index (χ1) is 18.4. The van der Waals surface area contributed by atoms with Gasteiger partial charge in [-0.15, -0.1) is 0 Å². The van der Waals surface area contributed by atoms with Crippen molar-refractivity contribution in [3.8, 4) is 0 Å². The number of fused-ring (bicyclic) bond motifs is 2. The number of unbranched alkanes of at least 4 members (excludes halogenated alkanes) is 5. The summed E-state index contributed by atoms with van der Waals surface area (Å²) in [5.74, 6) is -0.106. The molecule has 0 saturated heterocycles. The van der Waals surface area contributed by atoms with Crippen LogP contribution < -0.4 is 9.60 Å². The summed E-state index contributed by atoms with van der Waals surface area (Å²) in [6.45, 7) is 5.71. The second-order valence-electron chi connectivity index (χ2n) is 9.11. The van der Waals surface area contributed by atoms with E-state index in [1.807, 2.05) is 12.1 Å². The maximum Gasteiger partial charge on any atom is 0.248 e. The summed E-state index contributed by atoms with van der Waals surface area (Å²) in [7, 11) is 0. The first kappa shape index (κ1) is 29.1. The number of carbonyl (C=O) groups is 2. The van der Waals surface area contributed by atoms with E-state index >= 15 is 0 Å². The van der Waals surface area contributed by atoms with E-state index in [0.717, 1.165) is 90.6 Å². The normalized spacial score (nSPS) is 12.7. The summed E-state index contributed by atoms with van der Waals surface area (Å²) in [5.41, 5.74) is 2.22. The monoisotopic (exact) mass is 678 g/mol. The van der Waals surface area contributed by atoms with Crippen LogP contribution in [0.4, 0.5) is 0 Å². The number of hydrogen-bond donors (Lipinski definition) is 0. The number of amides is 2. The summed E-state index contributed by atoms with van der Waals surface area (Å²) in [5, 5.41) is 0. The first-order valence-electron chi connectivity index (χ1n) is 13.1. The molecule has 0 aliphatic heterocycles. The third-order valence-corrected chi connectivity index (χ3v) is 9.46. The van der Waals surface area contributed by atoms with Gasteiger partial charge >= 0.3 is 0 Å². The predicted molar refractivity (Wildman–Crippen MR) is 164 cm³/mol. The van der Waals surface area contributed by atoms with Crippen molar-refractivity contribution in [2.45, 2.75) is 78.3 Å². The van der Waals surface area contributed by atoms with Crippen molar-refractivity contribution in [3.63, 3.8) is 0 Å². The number of aromatic nitrogens is 2. The van der Waals surface area contributed by atoms with Crippen LogP contribution in [-0.4, -0.2) is 20.9 Å². The molecule has 2 heterocycles. The Hall–Kier alpha value is -1.88. The SMILES string of the molecule is CCn1c(=NC(=O)CCCCCCCCC(=O)N=c2sc3cc(Br)ccc3n2CC)sc2cc(Br)ccc21. The fourth-order valence-corrected chi connectivity index (χ4v) is 7.79. The Labute approximate surface area is 247 Å². The van der Waals surface area contributed by atoms with Gasteiger partial charge in [0.1, 0.15) is 0 Å². The highest BCUT2D eigenvalue weighted by molar-refractivity contribution is 9.10. The van der Waals surface area contributed by atoms with Crippen LogP contribution in [0.2, 0.25) is 0 Å².